The third kappa shape index (κ3) is 2.60. The summed E-state index contributed by atoms with van der Waals surface area (Å²) >= 11 is 0. The number of nitrogens with one attached hydrogen (secondary N) is 1. The van der Waals surface area contributed by atoms with Crippen LogP contribution >= 0.6 is 0 Å². The van der Waals surface area contributed by atoms with Gasteiger partial charge in [0, 0.05) is 13.1 Å². The molecule has 1 N–H and O–H groups in total. The average molecular weight is 274 g/mol. The van der Waals surface area contributed by atoms with Crippen LogP contribution in [0.25, 0.3) is 0 Å². The lowest BCUT2D eigenvalue weighted by Gasteiger charge is -2.29. The van der Waals surface area contributed by atoms with E-state index in [0.29, 0.717) is 12.5 Å². The molecule has 2 aliphatic rings. The van der Waals surface area contributed by atoms with Gasteiger partial charge in [-0.15, -0.1) is 0 Å². The van der Waals surface area contributed by atoms with Crippen LogP contribution in [-0.2, 0) is 4.79 Å². The minimum Gasteiger partial charge on any atom is -0.477 e. The number of carbonyl (C=O) groups is 1. The van der Waals surface area contributed by atoms with Crippen LogP contribution in [0.3, 0.4) is 0 Å². The summed E-state index contributed by atoms with van der Waals surface area (Å²) in [6.07, 6.45) is 3.17. The summed E-state index contributed by atoms with van der Waals surface area (Å²) in [6, 6.07) is 7.78. The van der Waals surface area contributed by atoms with Gasteiger partial charge in [0.1, 0.15) is 5.75 Å². The number of hydrogen-bond donors (Lipinski definition) is 1. The summed E-state index contributed by atoms with van der Waals surface area (Å²) in [6.45, 7) is 4.54. The van der Waals surface area contributed by atoms with E-state index >= 15 is 0 Å². The zero-order chi connectivity index (χ0) is 13.9. The Morgan fingerprint density at radius 2 is 2.30 bits per heavy atom. The number of amides is 1. The van der Waals surface area contributed by atoms with E-state index in [1.807, 2.05) is 29.2 Å². The van der Waals surface area contributed by atoms with Crippen LogP contribution in [0.2, 0.25) is 0 Å². The largest absolute Gasteiger partial charge is 0.477 e. The summed E-state index contributed by atoms with van der Waals surface area (Å²) in [5.41, 5.74) is 0.974. The van der Waals surface area contributed by atoms with Crippen LogP contribution in [0.1, 0.15) is 26.2 Å². The van der Waals surface area contributed by atoms with Gasteiger partial charge in [0.25, 0.3) is 5.91 Å². The summed E-state index contributed by atoms with van der Waals surface area (Å²) in [5, 5.41) is 3.28. The van der Waals surface area contributed by atoms with E-state index in [2.05, 4.69) is 12.2 Å². The van der Waals surface area contributed by atoms with Gasteiger partial charge in [-0.1, -0.05) is 25.5 Å². The molecule has 0 spiro atoms. The first-order chi connectivity index (χ1) is 9.78. The van der Waals surface area contributed by atoms with Crippen molar-refractivity contribution in [2.45, 2.75) is 32.3 Å². The molecule has 4 heteroatoms. The van der Waals surface area contributed by atoms with Crippen molar-refractivity contribution in [1.29, 1.82) is 0 Å². The van der Waals surface area contributed by atoms with Gasteiger partial charge in [-0.25, -0.2) is 0 Å². The number of anilines is 1. The Hall–Kier alpha value is -1.71. The van der Waals surface area contributed by atoms with Crippen molar-refractivity contribution >= 4 is 11.6 Å². The maximum absolute atomic E-state index is 12.5. The number of hydrogen-bond acceptors (Lipinski definition) is 3. The molecular weight excluding hydrogens is 252 g/mol. The third-order valence-corrected chi connectivity index (χ3v) is 4.20. The monoisotopic (exact) mass is 274 g/mol. The lowest BCUT2D eigenvalue weighted by Crippen LogP contribution is -2.46. The average Bonchev–Trinajstić information content (AvgIpc) is 2.95. The van der Waals surface area contributed by atoms with Crippen LogP contribution in [0.5, 0.6) is 5.75 Å². The number of rotatable bonds is 3. The molecule has 2 unspecified atom stereocenters. The molecule has 0 aromatic heterocycles. The summed E-state index contributed by atoms with van der Waals surface area (Å²) in [7, 11) is 0. The van der Waals surface area contributed by atoms with Crippen LogP contribution in [0, 0.1) is 5.92 Å². The van der Waals surface area contributed by atoms with E-state index in [-0.39, 0.29) is 12.0 Å². The number of fused-ring (bicyclic) bond motifs is 1. The minimum atomic E-state index is -0.384. The quantitative estimate of drug-likeness (QED) is 0.921. The first kappa shape index (κ1) is 13.3. The first-order valence-corrected chi connectivity index (χ1v) is 7.56. The third-order valence-electron chi connectivity index (χ3n) is 4.20. The summed E-state index contributed by atoms with van der Waals surface area (Å²) < 4.78 is 5.85. The van der Waals surface area contributed by atoms with Crippen molar-refractivity contribution in [3.05, 3.63) is 24.3 Å². The van der Waals surface area contributed by atoms with Gasteiger partial charge < -0.3 is 15.0 Å². The standard InChI is InChI=1S/C16H22N2O2/c1-2-5-12-8-9-18(11-12)16(19)15-10-17-13-6-3-4-7-14(13)20-15/h3-4,6-7,12,15,17H,2,5,8-11H2,1H3. The lowest BCUT2D eigenvalue weighted by molar-refractivity contribution is -0.137. The molecule has 2 aliphatic heterocycles. The second kappa shape index (κ2) is 5.73. The molecule has 0 bridgehead atoms. The molecule has 2 heterocycles. The normalized spacial score (nSPS) is 24.8. The fourth-order valence-electron chi connectivity index (χ4n) is 3.13. The molecule has 1 saturated heterocycles. The molecule has 0 radical (unpaired) electrons. The Morgan fingerprint density at radius 1 is 1.45 bits per heavy atom. The second-order valence-electron chi connectivity index (χ2n) is 5.71. The Bertz CT molecular complexity index is 489. The molecule has 108 valence electrons. The lowest BCUT2D eigenvalue weighted by atomic mass is 10.0. The Labute approximate surface area is 120 Å². The number of ether oxygens (including phenoxy) is 1. The molecular formula is C16H22N2O2. The van der Waals surface area contributed by atoms with Crippen molar-refractivity contribution in [3.63, 3.8) is 0 Å². The minimum absolute atomic E-state index is 0.130. The maximum atomic E-state index is 12.5. The van der Waals surface area contributed by atoms with Crippen molar-refractivity contribution in [1.82, 2.24) is 4.90 Å². The molecule has 1 aromatic carbocycles. The van der Waals surface area contributed by atoms with Crippen LogP contribution in [0.4, 0.5) is 5.69 Å². The summed E-state index contributed by atoms with van der Waals surface area (Å²) in [5.74, 6) is 1.58. The smallest absolute Gasteiger partial charge is 0.265 e. The Kier molecular flexibility index (Phi) is 3.81. The highest BCUT2D eigenvalue weighted by molar-refractivity contribution is 5.83. The molecule has 1 amide bonds. The number of para-hydroxylation sites is 2. The van der Waals surface area contributed by atoms with Crippen molar-refractivity contribution in [2.24, 2.45) is 5.92 Å². The molecule has 1 fully saturated rings. The fourth-order valence-corrected chi connectivity index (χ4v) is 3.13. The molecule has 3 rings (SSSR count). The van der Waals surface area contributed by atoms with Gasteiger partial charge in [-0.2, -0.15) is 0 Å². The van der Waals surface area contributed by atoms with Gasteiger partial charge in [-0.3, -0.25) is 4.79 Å². The van der Waals surface area contributed by atoms with Crippen molar-refractivity contribution in [2.75, 3.05) is 25.0 Å². The van der Waals surface area contributed by atoms with E-state index in [9.17, 15) is 4.79 Å². The highest BCUT2D eigenvalue weighted by Crippen LogP contribution is 2.29. The van der Waals surface area contributed by atoms with E-state index in [4.69, 9.17) is 4.74 Å². The molecule has 1 aromatic rings. The van der Waals surface area contributed by atoms with Gasteiger partial charge in [-0.05, 0) is 30.9 Å². The number of nitrogens with zero attached hydrogens (tertiary/aromatic N) is 1. The van der Waals surface area contributed by atoms with Crippen LogP contribution in [0.15, 0.2) is 24.3 Å². The Balaban J connectivity index is 1.62. The molecule has 2 atom stereocenters. The van der Waals surface area contributed by atoms with Crippen molar-refractivity contribution < 1.29 is 9.53 Å². The van der Waals surface area contributed by atoms with E-state index in [0.717, 1.165) is 30.9 Å². The zero-order valence-electron chi connectivity index (χ0n) is 12.0. The highest BCUT2D eigenvalue weighted by Gasteiger charge is 2.33. The molecule has 20 heavy (non-hydrogen) atoms. The SMILES string of the molecule is CCCC1CCN(C(=O)C2CNc3ccccc3O2)C1. The van der Waals surface area contributed by atoms with Gasteiger partial charge in [0.2, 0.25) is 0 Å². The predicted molar refractivity (Wildman–Crippen MR) is 78.9 cm³/mol. The van der Waals surface area contributed by atoms with Gasteiger partial charge >= 0.3 is 0 Å². The number of carbonyl (C=O) groups excluding carboxylic acids is 1. The summed E-state index contributed by atoms with van der Waals surface area (Å²) in [4.78, 5) is 14.5. The molecule has 0 saturated carbocycles. The van der Waals surface area contributed by atoms with Crippen LogP contribution < -0.4 is 10.1 Å². The van der Waals surface area contributed by atoms with Gasteiger partial charge in [0.15, 0.2) is 6.10 Å². The highest BCUT2D eigenvalue weighted by atomic mass is 16.5. The Morgan fingerprint density at radius 3 is 3.15 bits per heavy atom. The first-order valence-electron chi connectivity index (χ1n) is 7.56. The predicted octanol–water partition coefficient (Wildman–Crippen LogP) is 2.51. The van der Waals surface area contributed by atoms with Gasteiger partial charge in [0.05, 0.1) is 12.2 Å². The van der Waals surface area contributed by atoms with E-state index in [1.54, 1.807) is 0 Å². The van der Waals surface area contributed by atoms with E-state index < -0.39 is 0 Å². The molecule has 4 nitrogen and oxygen atoms in total. The maximum Gasteiger partial charge on any atom is 0.265 e. The zero-order valence-corrected chi connectivity index (χ0v) is 12.0. The number of benzene rings is 1. The van der Waals surface area contributed by atoms with Crippen molar-refractivity contribution in [3.8, 4) is 5.75 Å². The fraction of sp³-hybridized carbons (Fsp3) is 0.562. The van der Waals surface area contributed by atoms with Crippen LogP contribution in [-0.4, -0.2) is 36.5 Å². The number of likely N-dealkylation sites (tertiary alicyclic amines) is 1. The topological polar surface area (TPSA) is 41.6 Å². The molecule has 0 aliphatic carbocycles. The second-order valence-corrected chi connectivity index (χ2v) is 5.71. The van der Waals surface area contributed by atoms with E-state index in [1.165, 1.54) is 12.8 Å².